The minimum Gasteiger partial charge on any atom is -0.491 e. The molecular weight excluding hydrogens is 445 g/mol. The molecule has 3 aromatic rings. The molecule has 2 atom stereocenters. The van der Waals surface area contributed by atoms with Crippen LogP contribution in [0.1, 0.15) is 41.5 Å². The maximum atomic E-state index is 14.6. The molecule has 0 aliphatic heterocycles. The lowest BCUT2D eigenvalue weighted by atomic mass is 9.94. The second-order valence-corrected chi connectivity index (χ2v) is 9.05. The number of carbonyl (C=O) groups is 1. The van der Waals surface area contributed by atoms with Crippen molar-refractivity contribution < 1.29 is 23.8 Å². The highest BCUT2D eigenvalue weighted by Crippen LogP contribution is 2.48. The van der Waals surface area contributed by atoms with Crippen molar-refractivity contribution in [2.24, 2.45) is 5.92 Å². The van der Waals surface area contributed by atoms with Crippen LogP contribution in [0, 0.1) is 25.6 Å². The van der Waals surface area contributed by atoms with Crippen LogP contribution in [0.2, 0.25) is 0 Å². The molecule has 3 aromatic carbocycles. The smallest absolute Gasteiger partial charge is 0.307 e. The summed E-state index contributed by atoms with van der Waals surface area (Å²) in [4.78, 5) is 11.1. The van der Waals surface area contributed by atoms with Crippen LogP contribution < -0.4 is 10.1 Å². The largest absolute Gasteiger partial charge is 0.491 e. The Bertz CT molecular complexity index is 1190. The second kappa shape index (κ2) is 10.9. The average Bonchev–Trinajstić information content (AvgIpc) is 3.62. The molecule has 1 aliphatic carbocycles. The normalized spacial score (nSPS) is 16.7. The predicted octanol–water partition coefficient (Wildman–Crippen LogP) is 6.33. The molecule has 1 aliphatic rings. The van der Waals surface area contributed by atoms with E-state index in [1.165, 1.54) is 11.6 Å². The highest BCUT2D eigenvalue weighted by molar-refractivity contribution is 5.75. The fraction of sp³-hybridized carbons (Fsp3) is 0.345. The molecule has 5 nitrogen and oxygen atoms in total. The summed E-state index contributed by atoms with van der Waals surface area (Å²) in [7, 11) is 0. The molecule has 0 radical (unpaired) electrons. The van der Waals surface area contributed by atoms with Crippen LogP contribution in [0.5, 0.6) is 5.75 Å². The van der Waals surface area contributed by atoms with Crippen LogP contribution in [-0.2, 0) is 16.1 Å². The quantitative estimate of drug-likeness (QED) is 0.316. The van der Waals surface area contributed by atoms with Crippen molar-refractivity contribution >= 4 is 11.7 Å². The maximum Gasteiger partial charge on any atom is 0.307 e. The average molecular weight is 478 g/mol. The number of nitrogens with one attached hydrogen (secondary N) is 1. The van der Waals surface area contributed by atoms with Gasteiger partial charge in [-0.1, -0.05) is 24.3 Å². The monoisotopic (exact) mass is 477 g/mol. The van der Waals surface area contributed by atoms with Gasteiger partial charge in [0, 0.05) is 24.8 Å². The zero-order valence-corrected chi connectivity index (χ0v) is 20.4. The van der Waals surface area contributed by atoms with Crippen LogP contribution >= 0.6 is 0 Å². The van der Waals surface area contributed by atoms with E-state index in [-0.39, 0.29) is 11.7 Å². The summed E-state index contributed by atoms with van der Waals surface area (Å²) >= 11 is 0. The van der Waals surface area contributed by atoms with Crippen LogP contribution in [0.4, 0.5) is 10.1 Å². The van der Waals surface area contributed by atoms with E-state index < -0.39 is 11.9 Å². The first kappa shape index (κ1) is 24.7. The number of carboxylic acid groups (broad SMARTS) is 1. The Morgan fingerprint density at radius 3 is 2.51 bits per heavy atom. The van der Waals surface area contributed by atoms with E-state index in [4.69, 9.17) is 14.6 Å². The Labute approximate surface area is 205 Å². The number of ether oxygens (including phenoxy) is 2. The molecule has 0 amide bonds. The topological polar surface area (TPSA) is 67.8 Å². The van der Waals surface area contributed by atoms with E-state index in [0.717, 1.165) is 28.0 Å². The van der Waals surface area contributed by atoms with Crippen molar-refractivity contribution in [2.75, 3.05) is 25.1 Å². The van der Waals surface area contributed by atoms with E-state index >= 15 is 0 Å². The Balaban J connectivity index is 1.42. The number of benzene rings is 3. The number of hydrogen-bond acceptors (Lipinski definition) is 4. The third kappa shape index (κ3) is 6.01. The lowest BCUT2D eigenvalue weighted by Crippen LogP contribution is -2.06. The van der Waals surface area contributed by atoms with Crippen molar-refractivity contribution in [3.05, 3.63) is 82.7 Å². The third-order valence-corrected chi connectivity index (χ3v) is 6.43. The summed E-state index contributed by atoms with van der Waals surface area (Å²) < 4.78 is 25.7. The first-order valence-electron chi connectivity index (χ1n) is 12.0. The number of halogens is 1. The van der Waals surface area contributed by atoms with Crippen LogP contribution in [0.25, 0.3) is 11.1 Å². The first-order chi connectivity index (χ1) is 16.9. The van der Waals surface area contributed by atoms with E-state index in [1.807, 2.05) is 25.1 Å². The lowest BCUT2D eigenvalue weighted by molar-refractivity contribution is -0.138. The number of carboxylic acids is 1. The van der Waals surface area contributed by atoms with Crippen molar-refractivity contribution in [1.29, 1.82) is 0 Å². The Morgan fingerprint density at radius 1 is 1.09 bits per heavy atom. The van der Waals surface area contributed by atoms with Crippen LogP contribution in [0.15, 0.2) is 54.6 Å². The summed E-state index contributed by atoms with van der Waals surface area (Å²) in [6, 6.07) is 17.4. The molecule has 2 N–H and O–H groups in total. The number of aliphatic carboxylic acids is 1. The summed E-state index contributed by atoms with van der Waals surface area (Å²) in [5.41, 5.74) is 6.81. The molecule has 0 spiro atoms. The van der Waals surface area contributed by atoms with Crippen LogP contribution in [0.3, 0.4) is 0 Å². The van der Waals surface area contributed by atoms with E-state index in [1.54, 1.807) is 6.07 Å². The second-order valence-electron chi connectivity index (χ2n) is 9.05. The molecule has 35 heavy (non-hydrogen) atoms. The first-order valence-corrected chi connectivity index (χ1v) is 12.0. The summed E-state index contributed by atoms with van der Waals surface area (Å²) in [6.45, 7) is 8.46. The predicted molar refractivity (Wildman–Crippen MR) is 136 cm³/mol. The maximum absolute atomic E-state index is 14.6. The number of anilines is 1. The number of rotatable bonds is 11. The molecule has 6 heteroatoms. The molecule has 4 rings (SSSR count). The lowest BCUT2D eigenvalue weighted by Gasteiger charge is -2.15. The fourth-order valence-electron chi connectivity index (χ4n) is 4.62. The van der Waals surface area contributed by atoms with E-state index in [9.17, 15) is 9.18 Å². The van der Waals surface area contributed by atoms with Gasteiger partial charge < -0.3 is 19.9 Å². The van der Waals surface area contributed by atoms with Gasteiger partial charge in [-0.15, -0.1) is 0 Å². The molecule has 1 fully saturated rings. The zero-order chi connectivity index (χ0) is 24.9. The van der Waals surface area contributed by atoms with Crippen molar-refractivity contribution in [2.45, 2.75) is 39.7 Å². The van der Waals surface area contributed by atoms with Gasteiger partial charge in [0.1, 0.15) is 18.2 Å². The minimum absolute atomic E-state index is 0.217. The molecule has 184 valence electrons. The van der Waals surface area contributed by atoms with Gasteiger partial charge in [-0.05, 0) is 90.9 Å². The van der Waals surface area contributed by atoms with Crippen molar-refractivity contribution in [3.8, 4) is 16.9 Å². The van der Waals surface area contributed by atoms with Crippen LogP contribution in [-0.4, -0.2) is 30.9 Å². The van der Waals surface area contributed by atoms with Gasteiger partial charge in [0.05, 0.1) is 12.5 Å². The summed E-state index contributed by atoms with van der Waals surface area (Å²) in [5.74, 6) is -1.05. The molecule has 0 aromatic heterocycles. The van der Waals surface area contributed by atoms with Crippen molar-refractivity contribution in [3.63, 3.8) is 0 Å². The Kier molecular flexibility index (Phi) is 7.71. The van der Waals surface area contributed by atoms with Gasteiger partial charge in [0.15, 0.2) is 0 Å². The SMILES string of the molecule is CCOCCOc1cc(C)c(-c2cccc(CNc3ccc(C4CC4C(=O)O)c(F)c3)c2)c(C)c1. The van der Waals surface area contributed by atoms with E-state index in [0.29, 0.717) is 44.0 Å². The molecule has 0 saturated heterocycles. The van der Waals surface area contributed by atoms with Gasteiger partial charge in [0.25, 0.3) is 0 Å². The number of hydrogen-bond donors (Lipinski definition) is 2. The molecule has 1 saturated carbocycles. The summed E-state index contributed by atoms with van der Waals surface area (Å²) in [5, 5.41) is 12.4. The summed E-state index contributed by atoms with van der Waals surface area (Å²) in [6.07, 6.45) is 0.505. The third-order valence-electron chi connectivity index (χ3n) is 6.43. The van der Waals surface area contributed by atoms with Gasteiger partial charge in [-0.2, -0.15) is 0 Å². The standard InChI is InChI=1S/C29H32FNO4/c1-4-34-10-11-35-23-12-18(2)28(19(3)13-23)21-7-5-6-20(14-21)17-31-22-8-9-24(27(30)15-22)25-16-26(25)29(32)33/h5-9,12-15,25-26,31H,4,10-11,16-17H2,1-3H3,(H,32,33). The van der Waals surface area contributed by atoms with E-state index in [2.05, 4.69) is 43.4 Å². The Morgan fingerprint density at radius 2 is 1.86 bits per heavy atom. The van der Waals surface area contributed by atoms with Gasteiger partial charge in [0.2, 0.25) is 0 Å². The minimum atomic E-state index is -0.856. The van der Waals surface area contributed by atoms with Crippen molar-refractivity contribution in [1.82, 2.24) is 0 Å². The Hall–Kier alpha value is -3.38. The molecule has 0 bridgehead atoms. The van der Waals surface area contributed by atoms with Gasteiger partial charge in [-0.25, -0.2) is 4.39 Å². The molecule has 2 unspecified atom stereocenters. The van der Waals surface area contributed by atoms with Gasteiger partial charge in [-0.3, -0.25) is 4.79 Å². The molecular formula is C29H32FNO4. The molecule has 0 heterocycles. The number of aryl methyl sites for hydroxylation is 2. The zero-order valence-electron chi connectivity index (χ0n) is 20.4. The fourth-order valence-corrected chi connectivity index (χ4v) is 4.62. The highest BCUT2D eigenvalue weighted by Gasteiger charge is 2.45. The van der Waals surface area contributed by atoms with Gasteiger partial charge >= 0.3 is 5.97 Å². The highest BCUT2D eigenvalue weighted by atomic mass is 19.1.